The molecule has 162 valence electrons. The van der Waals surface area contributed by atoms with Gasteiger partial charge in [0.15, 0.2) is 17.3 Å². The third-order valence-electron chi connectivity index (χ3n) is 4.75. The first-order chi connectivity index (χ1) is 14.1. The van der Waals surface area contributed by atoms with Crippen molar-refractivity contribution in [1.29, 1.82) is 0 Å². The van der Waals surface area contributed by atoms with Crippen molar-refractivity contribution >= 4 is 20.9 Å². The number of halogens is 2. The SMILES string of the molecule is CCOc1cc([C@H](CS(C)(=O)=O)n2c(=O)n(C)c3cc(F)cc(F)c32)ccc1OC. The fraction of sp³-hybridized carbons (Fsp3) is 0.350. The normalized spacial score (nSPS) is 12.9. The Bertz CT molecular complexity index is 1260. The van der Waals surface area contributed by atoms with E-state index in [0.717, 1.165) is 21.5 Å². The zero-order chi connectivity index (χ0) is 22.2. The van der Waals surface area contributed by atoms with Crippen molar-refractivity contribution < 1.29 is 26.7 Å². The highest BCUT2D eigenvalue weighted by Crippen LogP contribution is 2.33. The highest BCUT2D eigenvalue weighted by atomic mass is 32.2. The molecular weight excluding hydrogens is 418 g/mol. The molecule has 0 saturated carbocycles. The molecule has 2 aromatic carbocycles. The van der Waals surface area contributed by atoms with E-state index in [1.54, 1.807) is 25.1 Å². The molecule has 30 heavy (non-hydrogen) atoms. The van der Waals surface area contributed by atoms with Gasteiger partial charge < -0.3 is 9.47 Å². The summed E-state index contributed by atoms with van der Waals surface area (Å²) in [5, 5.41) is 0. The average Bonchev–Trinajstić information content (AvgIpc) is 2.91. The van der Waals surface area contributed by atoms with Crippen molar-refractivity contribution in [1.82, 2.24) is 9.13 Å². The Hall–Kier alpha value is -2.88. The average molecular weight is 440 g/mol. The van der Waals surface area contributed by atoms with Crippen LogP contribution in [0.2, 0.25) is 0 Å². The molecular formula is C20H22F2N2O5S. The number of rotatable bonds is 7. The molecule has 3 rings (SSSR count). The Kier molecular flexibility index (Phi) is 5.89. The van der Waals surface area contributed by atoms with E-state index >= 15 is 0 Å². The van der Waals surface area contributed by atoms with Crippen LogP contribution in [0.25, 0.3) is 11.0 Å². The molecule has 10 heteroatoms. The first kappa shape index (κ1) is 21.8. The number of aromatic nitrogens is 2. The topological polar surface area (TPSA) is 79.5 Å². The molecule has 0 N–H and O–H groups in total. The van der Waals surface area contributed by atoms with Gasteiger partial charge in [0, 0.05) is 25.4 Å². The summed E-state index contributed by atoms with van der Waals surface area (Å²) in [7, 11) is -0.760. The Morgan fingerprint density at radius 2 is 1.83 bits per heavy atom. The number of nitrogens with zero attached hydrogens (tertiary/aromatic N) is 2. The largest absolute Gasteiger partial charge is 0.493 e. The van der Waals surface area contributed by atoms with Crippen LogP contribution in [0, 0.1) is 11.6 Å². The van der Waals surface area contributed by atoms with Crippen molar-refractivity contribution in [2.24, 2.45) is 7.05 Å². The lowest BCUT2D eigenvalue weighted by Gasteiger charge is -2.20. The maximum atomic E-state index is 14.7. The number of imidazole rings is 1. The number of hydrogen-bond acceptors (Lipinski definition) is 5. The lowest BCUT2D eigenvalue weighted by molar-refractivity contribution is 0.310. The molecule has 1 aromatic heterocycles. The van der Waals surface area contributed by atoms with E-state index in [9.17, 15) is 22.0 Å². The minimum atomic E-state index is -3.60. The Balaban J connectivity index is 2.34. The third-order valence-corrected chi connectivity index (χ3v) is 5.67. The molecule has 0 aliphatic heterocycles. The highest BCUT2D eigenvalue weighted by molar-refractivity contribution is 7.90. The summed E-state index contributed by atoms with van der Waals surface area (Å²) in [5.41, 5.74) is -0.416. The van der Waals surface area contributed by atoms with Crippen molar-refractivity contribution in [3.63, 3.8) is 0 Å². The van der Waals surface area contributed by atoms with Crippen LogP contribution in [0.4, 0.5) is 8.78 Å². The molecule has 0 saturated heterocycles. The van der Waals surface area contributed by atoms with Gasteiger partial charge in [0.2, 0.25) is 0 Å². The number of ether oxygens (including phenoxy) is 2. The van der Waals surface area contributed by atoms with Gasteiger partial charge in [-0.3, -0.25) is 9.13 Å². The molecule has 3 aromatic rings. The van der Waals surface area contributed by atoms with E-state index in [0.29, 0.717) is 29.7 Å². The number of fused-ring (bicyclic) bond motifs is 1. The predicted octanol–water partition coefficient (Wildman–Crippen LogP) is 2.66. The predicted molar refractivity (Wildman–Crippen MR) is 109 cm³/mol. The first-order valence-electron chi connectivity index (χ1n) is 9.11. The summed E-state index contributed by atoms with van der Waals surface area (Å²) in [6.45, 7) is 2.11. The van der Waals surface area contributed by atoms with Crippen molar-refractivity contribution in [2.75, 3.05) is 25.7 Å². The number of hydrogen-bond donors (Lipinski definition) is 0. The van der Waals surface area contributed by atoms with Gasteiger partial charge in [0.1, 0.15) is 21.2 Å². The van der Waals surface area contributed by atoms with Crippen LogP contribution in [0.15, 0.2) is 35.1 Å². The van der Waals surface area contributed by atoms with E-state index < -0.39 is 39.0 Å². The smallest absolute Gasteiger partial charge is 0.329 e. The molecule has 0 unspecified atom stereocenters. The lowest BCUT2D eigenvalue weighted by atomic mass is 10.1. The Morgan fingerprint density at radius 3 is 2.43 bits per heavy atom. The summed E-state index contributed by atoms with van der Waals surface area (Å²) in [4.78, 5) is 13.0. The number of sulfone groups is 1. The Morgan fingerprint density at radius 1 is 1.13 bits per heavy atom. The van der Waals surface area contributed by atoms with Gasteiger partial charge in [-0.15, -0.1) is 0 Å². The van der Waals surface area contributed by atoms with Crippen LogP contribution in [0.5, 0.6) is 11.5 Å². The van der Waals surface area contributed by atoms with Crippen LogP contribution in [0.1, 0.15) is 18.5 Å². The van der Waals surface area contributed by atoms with E-state index in [1.165, 1.54) is 14.2 Å². The fourth-order valence-corrected chi connectivity index (χ4v) is 4.39. The molecule has 7 nitrogen and oxygen atoms in total. The first-order valence-corrected chi connectivity index (χ1v) is 11.2. The van der Waals surface area contributed by atoms with Gasteiger partial charge in [0.05, 0.1) is 31.0 Å². The second-order valence-corrected chi connectivity index (χ2v) is 9.10. The van der Waals surface area contributed by atoms with Gasteiger partial charge in [-0.05, 0) is 24.6 Å². The minimum Gasteiger partial charge on any atom is -0.493 e. The molecule has 1 heterocycles. The lowest BCUT2D eigenvalue weighted by Crippen LogP contribution is -2.31. The van der Waals surface area contributed by atoms with E-state index in [1.807, 2.05) is 0 Å². The summed E-state index contributed by atoms with van der Waals surface area (Å²) in [6.07, 6.45) is 1.03. The van der Waals surface area contributed by atoms with E-state index in [2.05, 4.69) is 0 Å². The Labute approximate surface area is 172 Å². The highest BCUT2D eigenvalue weighted by Gasteiger charge is 2.27. The second-order valence-electron chi connectivity index (χ2n) is 6.92. The molecule has 1 atom stereocenters. The summed E-state index contributed by atoms with van der Waals surface area (Å²) in [6, 6.07) is 5.36. The van der Waals surface area contributed by atoms with Crippen molar-refractivity contribution in [2.45, 2.75) is 13.0 Å². The van der Waals surface area contributed by atoms with Crippen LogP contribution in [0.3, 0.4) is 0 Å². The molecule has 0 bridgehead atoms. The van der Waals surface area contributed by atoms with Crippen LogP contribution < -0.4 is 15.2 Å². The molecule has 0 amide bonds. The zero-order valence-corrected chi connectivity index (χ0v) is 17.8. The van der Waals surface area contributed by atoms with Crippen molar-refractivity contribution in [3.05, 3.63) is 58.0 Å². The van der Waals surface area contributed by atoms with Gasteiger partial charge in [0.25, 0.3) is 0 Å². The van der Waals surface area contributed by atoms with Gasteiger partial charge in [-0.1, -0.05) is 6.07 Å². The second kappa shape index (κ2) is 8.10. The maximum Gasteiger partial charge on any atom is 0.329 e. The summed E-state index contributed by atoms with van der Waals surface area (Å²) in [5.74, 6) is -1.48. The number of benzene rings is 2. The van der Waals surface area contributed by atoms with Crippen LogP contribution in [-0.4, -0.2) is 43.3 Å². The molecule has 0 aliphatic carbocycles. The van der Waals surface area contributed by atoms with Gasteiger partial charge >= 0.3 is 5.69 Å². The van der Waals surface area contributed by atoms with E-state index in [-0.39, 0.29) is 11.0 Å². The molecule has 0 fully saturated rings. The molecule has 0 aliphatic rings. The maximum absolute atomic E-state index is 14.7. The van der Waals surface area contributed by atoms with Gasteiger partial charge in [-0.2, -0.15) is 0 Å². The molecule has 0 radical (unpaired) electrons. The quantitative estimate of drug-likeness (QED) is 0.564. The zero-order valence-electron chi connectivity index (χ0n) is 17.0. The third kappa shape index (κ3) is 4.04. The monoisotopic (exact) mass is 440 g/mol. The minimum absolute atomic E-state index is 0.0227. The summed E-state index contributed by atoms with van der Waals surface area (Å²) >= 11 is 0. The molecule has 0 spiro atoms. The summed E-state index contributed by atoms with van der Waals surface area (Å²) < 4.78 is 65.8. The van der Waals surface area contributed by atoms with Gasteiger partial charge in [-0.25, -0.2) is 22.0 Å². The standard InChI is InChI=1S/C20H22F2N2O5S/c1-5-29-18-8-12(6-7-17(18)28-3)16(11-30(4,26)27)24-19-14(22)9-13(21)10-15(19)23(2)20(24)25/h6-10,16H,5,11H2,1-4H3/t16-/m0/s1. The van der Waals surface area contributed by atoms with Crippen LogP contribution in [-0.2, 0) is 16.9 Å². The number of methoxy groups -OCH3 is 1. The van der Waals surface area contributed by atoms with Crippen LogP contribution >= 0.6 is 0 Å². The fourth-order valence-electron chi connectivity index (χ4n) is 3.47. The van der Waals surface area contributed by atoms with E-state index in [4.69, 9.17) is 9.47 Å². The van der Waals surface area contributed by atoms with Crippen molar-refractivity contribution in [3.8, 4) is 11.5 Å². The number of aryl methyl sites for hydroxylation is 1.